The van der Waals surface area contributed by atoms with E-state index >= 15 is 0 Å². The van der Waals surface area contributed by atoms with Crippen molar-refractivity contribution in [3.8, 4) is 0 Å². The molecule has 0 radical (unpaired) electrons. The number of carbonyl (C=O) groups is 2. The third kappa shape index (κ3) is 2.56. The molecule has 2 aromatic rings. The minimum Gasteiger partial charge on any atom is -0.479 e. The molecule has 0 saturated heterocycles. The highest BCUT2D eigenvalue weighted by Crippen LogP contribution is 2.62. The number of hydrogen-bond donors (Lipinski definition) is 2. The van der Waals surface area contributed by atoms with Crippen molar-refractivity contribution in [2.24, 2.45) is 11.3 Å². The standard InChI is InChI=1S/C20H21NO3/c22-18(16-12-20(16)9-3-4-10-20)21-17(19(23)24)15-8-7-13-5-1-2-6-14(13)11-15/h1-2,5-8,11,16-17H,3-4,9-10,12H2,(H,21,22)(H,23,24). The van der Waals surface area contributed by atoms with Crippen molar-refractivity contribution in [3.05, 3.63) is 48.0 Å². The molecule has 2 aromatic carbocycles. The van der Waals surface area contributed by atoms with Crippen molar-refractivity contribution in [2.75, 3.05) is 0 Å². The monoisotopic (exact) mass is 323 g/mol. The van der Waals surface area contributed by atoms with Crippen LogP contribution < -0.4 is 5.32 Å². The van der Waals surface area contributed by atoms with Gasteiger partial charge in [0.1, 0.15) is 0 Å². The van der Waals surface area contributed by atoms with Crippen molar-refractivity contribution in [1.82, 2.24) is 5.32 Å². The van der Waals surface area contributed by atoms with Gasteiger partial charge in [-0.15, -0.1) is 0 Å². The van der Waals surface area contributed by atoms with Crippen LogP contribution in [0.4, 0.5) is 0 Å². The Morgan fingerprint density at radius 3 is 2.50 bits per heavy atom. The van der Waals surface area contributed by atoms with Gasteiger partial charge in [0.05, 0.1) is 0 Å². The van der Waals surface area contributed by atoms with Crippen LogP contribution in [0.15, 0.2) is 42.5 Å². The van der Waals surface area contributed by atoms with Crippen LogP contribution in [0, 0.1) is 11.3 Å². The second-order valence-electron chi connectivity index (χ2n) is 7.21. The smallest absolute Gasteiger partial charge is 0.330 e. The summed E-state index contributed by atoms with van der Waals surface area (Å²) in [5.41, 5.74) is 0.798. The lowest BCUT2D eigenvalue weighted by atomic mass is 10.00. The Bertz CT molecular complexity index is 807. The molecule has 4 rings (SSSR count). The molecule has 0 aromatic heterocycles. The summed E-state index contributed by atoms with van der Waals surface area (Å²) < 4.78 is 0. The van der Waals surface area contributed by atoms with Gasteiger partial charge < -0.3 is 10.4 Å². The van der Waals surface area contributed by atoms with Gasteiger partial charge >= 0.3 is 5.97 Å². The van der Waals surface area contributed by atoms with Gasteiger partial charge in [0, 0.05) is 5.92 Å². The normalized spacial score (nSPS) is 22.4. The summed E-state index contributed by atoms with van der Waals surface area (Å²) in [7, 11) is 0. The predicted molar refractivity (Wildman–Crippen MR) is 91.5 cm³/mol. The maximum absolute atomic E-state index is 12.5. The molecular weight excluding hydrogens is 302 g/mol. The molecule has 2 aliphatic rings. The number of nitrogens with one attached hydrogen (secondary N) is 1. The summed E-state index contributed by atoms with van der Waals surface area (Å²) in [5, 5.41) is 14.4. The number of carbonyl (C=O) groups excluding carboxylic acids is 1. The fourth-order valence-corrected chi connectivity index (χ4v) is 4.27. The van der Waals surface area contributed by atoms with Gasteiger partial charge in [0.15, 0.2) is 6.04 Å². The number of rotatable bonds is 4. The van der Waals surface area contributed by atoms with Gasteiger partial charge in [-0.25, -0.2) is 4.79 Å². The third-order valence-electron chi connectivity index (χ3n) is 5.75. The van der Waals surface area contributed by atoms with E-state index < -0.39 is 12.0 Å². The van der Waals surface area contributed by atoms with Gasteiger partial charge in [0.25, 0.3) is 0 Å². The number of hydrogen-bond acceptors (Lipinski definition) is 2. The van der Waals surface area contributed by atoms with Gasteiger partial charge in [-0.05, 0) is 47.1 Å². The van der Waals surface area contributed by atoms with Crippen LogP contribution in [0.2, 0.25) is 0 Å². The van der Waals surface area contributed by atoms with Gasteiger partial charge in [-0.1, -0.05) is 49.2 Å². The van der Waals surface area contributed by atoms with E-state index in [4.69, 9.17) is 0 Å². The minimum absolute atomic E-state index is 0.00214. The minimum atomic E-state index is -1.01. The summed E-state index contributed by atoms with van der Waals surface area (Å²) in [6.45, 7) is 0. The van der Waals surface area contributed by atoms with E-state index in [1.165, 1.54) is 12.8 Å². The summed E-state index contributed by atoms with van der Waals surface area (Å²) in [6, 6.07) is 12.4. The molecule has 2 unspecified atom stereocenters. The maximum atomic E-state index is 12.5. The lowest BCUT2D eigenvalue weighted by Gasteiger charge is -2.17. The second-order valence-corrected chi connectivity index (χ2v) is 7.21. The van der Waals surface area contributed by atoms with E-state index in [-0.39, 0.29) is 17.2 Å². The molecular formula is C20H21NO3. The van der Waals surface area contributed by atoms with Crippen LogP contribution in [0.25, 0.3) is 10.8 Å². The molecule has 1 amide bonds. The average Bonchev–Trinajstić information content (AvgIpc) is 3.08. The van der Waals surface area contributed by atoms with Crippen molar-refractivity contribution < 1.29 is 14.7 Å². The Morgan fingerprint density at radius 2 is 1.79 bits per heavy atom. The Kier molecular flexibility index (Phi) is 3.56. The highest BCUT2D eigenvalue weighted by molar-refractivity contribution is 5.90. The largest absolute Gasteiger partial charge is 0.479 e. The number of amides is 1. The Morgan fingerprint density at radius 1 is 1.08 bits per heavy atom. The Balaban J connectivity index is 1.55. The number of benzene rings is 2. The molecule has 0 bridgehead atoms. The first-order valence-electron chi connectivity index (χ1n) is 8.61. The molecule has 2 N–H and O–H groups in total. The van der Waals surface area contributed by atoms with Crippen molar-refractivity contribution in [3.63, 3.8) is 0 Å². The fourth-order valence-electron chi connectivity index (χ4n) is 4.27. The summed E-state index contributed by atoms with van der Waals surface area (Å²) in [6.07, 6.45) is 5.52. The fraction of sp³-hybridized carbons (Fsp3) is 0.400. The number of aliphatic carboxylic acids is 1. The molecule has 4 heteroatoms. The highest BCUT2D eigenvalue weighted by atomic mass is 16.4. The van der Waals surface area contributed by atoms with E-state index in [0.717, 1.165) is 30.0 Å². The van der Waals surface area contributed by atoms with E-state index in [1.54, 1.807) is 6.07 Å². The molecule has 124 valence electrons. The van der Waals surface area contributed by atoms with E-state index in [0.29, 0.717) is 5.56 Å². The molecule has 4 nitrogen and oxygen atoms in total. The topological polar surface area (TPSA) is 66.4 Å². The second kappa shape index (κ2) is 5.62. The zero-order valence-electron chi connectivity index (χ0n) is 13.5. The molecule has 2 atom stereocenters. The van der Waals surface area contributed by atoms with Gasteiger partial charge in [-0.3, -0.25) is 4.79 Å². The molecule has 2 saturated carbocycles. The molecule has 0 heterocycles. The van der Waals surface area contributed by atoms with Crippen molar-refractivity contribution in [2.45, 2.75) is 38.1 Å². The Labute approximate surface area is 140 Å². The average molecular weight is 323 g/mol. The van der Waals surface area contributed by atoms with Gasteiger partial charge in [-0.2, -0.15) is 0 Å². The molecule has 24 heavy (non-hydrogen) atoms. The molecule has 2 aliphatic carbocycles. The highest BCUT2D eigenvalue weighted by Gasteiger charge is 2.58. The van der Waals surface area contributed by atoms with E-state index in [1.807, 2.05) is 36.4 Å². The van der Waals surface area contributed by atoms with Crippen LogP contribution in [0.1, 0.15) is 43.7 Å². The van der Waals surface area contributed by atoms with Crippen molar-refractivity contribution >= 4 is 22.6 Å². The number of carboxylic acid groups (broad SMARTS) is 1. The molecule has 1 spiro atoms. The zero-order valence-corrected chi connectivity index (χ0v) is 13.5. The van der Waals surface area contributed by atoms with E-state index in [9.17, 15) is 14.7 Å². The van der Waals surface area contributed by atoms with Gasteiger partial charge in [0.2, 0.25) is 5.91 Å². The molecule has 2 fully saturated rings. The van der Waals surface area contributed by atoms with Crippen LogP contribution in [-0.2, 0) is 9.59 Å². The quantitative estimate of drug-likeness (QED) is 0.902. The Hall–Kier alpha value is -2.36. The van der Waals surface area contributed by atoms with E-state index in [2.05, 4.69) is 5.32 Å². The van der Waals surface area contributed by atoms with Crippen molar-refractivity contribution in [1.29, 1.82) is 0 Å². The summed E-state index contributed by atoms with van der Waals surface area (Å²) >= 11 is 0. The number of carboxylic acids is 1. The first-order chi connectivity index (χ1) is 11.6. The molecule has 0 aliphatic heterocycles. The van der Waals surface area contributed by atoms with Crippen LogP contribution in [0.5, 0.6) is 0 Å². The first-order valence-corrected chi connectivity index (χ1v) is 8.61. The lowest BCUT2D eigenvalue weighted by Crippen LogP contribution is -2.35. The van der Waals surface area contributed by atoms with Crippen LogP contribution in [-0.4, -0.2) is 17.0 Å². The lowest BCUT2D eigenvalue weighted by molar-refractivity contribution is -0.142. The maximum Gasteiger partial charge on any atom is 0.330 e. The summed E-state index contributed by atoms with van der Waals surface area (Å²) in [4.78, 5) is 24.3. The summed E-state index contributed by atoms with van der Waals surface area (Å²) in [5.74, 6) is -1.11. The van der Waals surface area contributed by atoms with Crippen LogP contribution in [0.3, 0.4) is 0 Å². The first kappa shape index (κ1) is 15.2. The predicted octanol–water partition coefficient (Wildman–Crippen LogP) is 3.66. The number of fused-ring (bicyclic) bond motifs is 1. The SMILES string of the molecule is O=C(O)C(NC(=O)C1CC12CCCC2)c1ccc2ccccc2c1. The third-order valence-corrected chi connectivity index (χ3v) is 5.75. The van der Waals surface area contributed by atoms with Crippen LogP contribution >= 0.6 is 0 Å². The zero-order chi connectivity index (χ0) is 16.7.